The van der Waals surface area contributed by atoms with Crippen LogP contribution in [0.5, 0.6) is 0 Å². The first-order valence-electron chi connectivity index (χ1n) is 13.2. The number of alkyl halides is 6. The first kappa shape index (κ1) is 34.1. The standard InChI is InChI=1S/C28H33F7N4O4/c1-25(2,3)22(16-40)37-24(42)36-21-9-6-18(14-20(21)29)23(41)39-12-10-38(11-13-39)15-17-4-7-19(8-5-17)26(43,27(30,31)32)28(33,34)35/h4-9,14,22,40,43H,10-13,15-16H2,1-3H3,(H2,36,37,42)/t22-/m1/s1. The third kappa shape index (κ3) is 7.75. The molecule has 0 radical (unpaired) electrons. The van der Waals surface area contributed by atoms with Crippen molar-refractivity contribution in [2.45, 2.75) is 51.3 Å². The molecule has 0 bridgehead atoms. The Morgan fingerprint density at radius 1 is 0.907 bits per heavy atom. The number of amides is 3. The first-order valence-corrected chi connectivity index (χ1v) is 13.2. The number of aliphatic hydroxyl groups is 2. The SMILES string of the molecule is CC(C)(C)[C@@H](CO)NC(=O)Nc1ccc(C(=O)N2CCN(Cc3ccc(C(O)(C(F)(F)F)C(F)(F)F)cc3)CC2)cc1F. The van der Waals surface area contributed by atoms with Crippen molar-refractivity contribution < 1.29 is 50.5 Å². The van der Waals surface area contributed by atoms with E-state index in [4.69, 9.17) is 0 Å². The topological polar surface area (TPSA) is 105 Å². The molecule has 1 aliphatic rings. The highest BCUT2D eigenvalue weighted by molar-refractivity contribution is 5.95. The summed E-state index contributed by atoms with van der Waals surface area (Å²) in [6.45, 7) is 6.38. The Morgan fingerprint density at radius 3 is 1.93 bits per heavy atom. The predicted molar refractivity (Wildman–Crippen MR) is 143 cm³/mol. The van der Waals surface area contributed by atoms with Gasteiger partial charge in [0, 0.05) is 43.9 Å². The number of halogens is 7. The van der Waals surface area contributed by atoms with Crippen LogP contribution in [0.2, 0.25) is 0 Å². The number of rotatable bonds is 7. The van der Waals surface area contributed by atoms with Crippen molar-refractivity contribution in [1.29, 1.82) is 0 Å². The van der Waals surface area contributed by atoms with Crippen LogP contribution < -0.4 is 10.6 Å². The molecule has 1 saturated heterocycles. The van der Waals surface area contributed by atoms with E-state index in [1.54, 1.807) is 0 Å². The first-order chi connectivity index (χ1) is 19.8. The summed E-state index contributed by atoms with van der Waals surface area (Å²) in [6.07, 6.45) is -11.9. The molecule has 1 heterocycles. The number of carbonyl (C=O) groups excluding carboxylic acids is 2. The average Bonchev–Trinajstić information content (AvgIpc) is 2.91. The van der Waals surface area contributed by atoms with E-state index < -0.39 is 52.7 Å². The van der Waals surface area contributed by atoms with Crippen molar-refractivity contribution in [3.8, 4) is 0 Å². The maximum atomic E-state index is 14.7. The van der Waals surface area contributed by atoms with E-state index in [0.717, 1.165) is 18.2 Å². The van der Waals surface area contributed by atoms with Gasteiger partial charge in [-0.1, -0.05) is 45.0 Å². The van der Waals surface area contributed by atoms with Crippen LogP contribution in [0.25, 0.3) is 0 Å². The zero-order chi connectivity index (χ0) is 32.4. The number of aliphatic hydroxyl groups excluding tert-OH is 1. The highest BCUT2D eigenvalue weighted by Gasteiger charge is 2.71. The van der Waals surface area contributed by atoms with Crippen molar-refractivity contribution >= 4 is 17.6 Å². The number of carbonyl (C=O) groups is 2. The van der Waals surface area contributed by atoms with E-state index in [2.05, 4.69) is 10.6 Å². The fraction of sp³-hybridized carbons (Fsp3) is 0.500. The van der Waals surface area contributed by atoms with Gasteiger partial charge in [-0.2, -0.15) is 26.3 Å². The lowest BCUT2D eigenvalue weighted by molar-refractivity contribution is -0.376. The van der Waals surface area contributed by atoms with Crippen molar-refractivity contribution in [1.82, 2.24) is 15.1 Å². The van der Waals surface area contributed by atoms with Crippen LogP contribution in [0.1, 0.15) is 42.3 Å². The molecule has 4 N–H and O–H groups in total. The molecule has 1 aliphatic heterocycles. The molecular formula is C28H33F7N4O4. The molecule has 0 aromatic heterocycles. The molecule has 0 spiro atoms. The second-order valence-corrected chi connectivity index (χ2v) is 11.4. The van der Waals surface area contributed by atoms with Crippen molar-refractivity contribution in [2.75, 3.05) is 38.1 Å². The highest BCUT2D eigenvalue weighted by atomic mass is 19.4. The summed E-state index contributed by atoms with van der Waals surface area (Å²) in [6, 6.07) is 5.58. The Labute approximate surface area is 243 Å². The quantitative estimate of drug-likeness (QED) is 0.338. The third-order valence-corrected chi connectivity index (χ3v) is 7.26. The predicted octanol–water partition coefficient (Wildman–Crippen LogP) is 4.62. The van der Waals surface area contributed by atoms with Gasteiger partial charge < -0.3 is 25.7 Å². The number of hydrogen-bond acceptors (Lipinski definition) is 5. The van der Waals surface area contributed by atoms with Gasteiger partial charge in [0.15, 0.2) is 0 Å². The summed E-state index contributed by atoms with van der Waals surface area (Å²) in [5.41, 5.74) is -6.52. The Kier molecular flexibility index (Phi) is 10.0. The molecule has 3 rings (SSSR count). The summed E-state index contributed by atoms with van der Waals surface area (Å²) < 4.78 is 93.4. The number of anilines is 1. The maximum Gasteiger partial charge on any atom is 0.430 e. The van der Waals surface area contributed by atoms with E-state index >= 15 is 0 Å². The fourth-order valence-electron chi connectivity index (χ4n) is 4.49. The van der Waals surface area contributed by atoms with Gasteiger partial charge in [-0.05, 0) is 29.2 Å². The number of benzene rings is 2. The molecule has 43 heavy (non-hydrogen) atoms. The molecule has 1 fully saturated rings. The number of piperazine rings is 1. The lowest BCUT2D eigenvalue weighted by Crippen LogP contribution is -2.53. The van der Waals surface area contributed by atoms with Crippen molar-refractivity contribution in [2.24, 2.45) is 5.41 Å². The lowest BCUT2D eigenvalue weighted by atomic mass is 9.87. The zero-order valence-corrected chi connectivity index (χ0v) is 23.6. The maximum absolute atomic E-state index is 14.7. The molecule has 2 aromatic rings. The molecular weight excluding hydrogens is 589 g/mol. The molecule has 0 saturated carbocycles. The third-order valence-electron chi connectivity index (χ3n) is 7.26. The number of nitrogens with zero attached hydrogens (tertiary/aromatic N) is 2. The second kappa shape index (κ2) is 12.7. The second-order valence-electron chi connectivity index (χ2n) is 11.4. The van der Waals surface area contributed by atoms with Gasteiger partial charge in [0.25, 0.3) is 11.5 Å². The largest absolute Gasteiger partial charge is 0.430 e. The van der Waals surface area contributed by atoms with Gasteiger partial charge in [0.1, 0.15) is 5.82 Å². The van der Waals surface area contributed by atoms with Gasteiger partial charge in [-0.25, -0.2) is 9.18 Å². The molecule has 1 atom stereocenters. The average molecular weight is 623 g/mol. The van der Waals surface area contributed by atoms with Crippen LogP contribution in [0.4, 0.5) is 41.2 Å². The van der Waals surface area contributed by atoms with Crippen LogP contribution >= 0.6 is 0 Å². The Hall–Kier alpha value is -3.43. The van der Waals surface area contributed by atoms with Crippen LogP contribution in [-0.2, 0) is 12.1 Å². The Bertz CT molecular complexity index is 1270. The summed E-state index contributed by atoms with van der Waals surface area (Å²) >= 11 is 0. The van der Waals surface area contributed by atoms with Gasteiger partial charge >= 0.3 is 18.4 Å². The Morgan fingerprint density at radius 2 is 1.47 bits per heavy atom. The molecule has 238 valence electrons. The molecule has 8 nitrogen and oxygen atoms in total. The molecule has 0 aliphatic carbocycles. The van der Waals surface area contributed by atoms with Crippen LogP contribution in [0.3, 0.4) is 0 Å². The summed E-state index contributed by atoms with van der Waals surface area (Å²) in [5.74, 6) is -1.31. The number of nitrogens with one attached hydrogen (secondary N) is 2. The summed E-state index contributed by atoms with van der Waals surface area (Å²) in [4.78, 5) is 28.5. The summed E-state index contributed by atoms with van der Waals surface area (Å²) in [5, 5.41) is 23.9. The molecule has 0 unspecified atom stereocenters. The highest BCUT2D eigenvalue weighted by Crippen LogP contribution is 2.50. The van der Waals surface area contributed by atoms with Crippen molar-refractivity contribution in [3.05, 3.63) is 65.0 Å². The van der Waals surface area contributed by atoms with E-state index in [1.807, 2.05) is 25.7 Å². The normalized spacial score (nSPS) is 16.1. The molecule has 2 aromatic carbocycles. The summed E-state index contributed by atoms with van der Waals surface area (Å²) in [7, 11) is 0. The van der Waals surface area contributed by atoms with Crippen LogP contribution in [0.15, 0.2) is 42.5 Å². The van der Waals surface area contributed by atoms with E-state index in [0.29, 0.717) is 30.8 Å². The zero-order valence-electron chi connectivity index (χ0n) is 23.6. The van der Waals surface area contributed by atoms with Gasteiger partial charge in [-0.3, -0.25) is 9.69 Å². The molecule has 15 heteroatoms. The van der Waals surface area contributed by atoms with E-state index in [1.165, 1.54) is 17.0 Å². The monoisotopic (exact) mass is 622 g/mol. The van der Waals surface area contributed by atoms with Crippen LogP contribution in [0, 0.1) is 11.2 Å². The van der Waals surface area contributed by atoms with Gasteiger partial charge in [0.05, 0.1) is 18.3 Å². The smallest absolute Gasteiger partial charge is 0.394 e. The molecule has 3 amide bonds. The minimum atomic E-state index is -5.97. The van der Waals surface area contributed by atoms with E-state index in [-0.39, 0.29) is 37.5 Å². The Balaban J connectivity index is 1.57. The number of urea groups is 1. The van der Waals surface area contributed by atoms with Gasteiger partial charge in [0.2, 0.25) is 0 Å². The minimum absolute atomic E-state index is 0.0391. The van der Waals surface area contributed by atoms with E-state index in [9.17, 15) is 50.5 Å². The van der Waals surface area contributed by atoms with Crippen molar-refractivity contribution in [3.63, 3.8) is 0 Å². The lowest BCUT2D eigenvalue weighted by Gasteiger charge is -2.35. The van der Waals surface area contributed by atoms with Gasteiger partial charge in [-0.15, -0.1) is 0 Å². The van der Waals surface area contributed by atoms with Crippen LogP contribution in [-0.4, -0.2) is 83.1 Å². The minimum Gasteiger partial charge on any atom is -0.394 e. The number of hydrogen-bond donors (Lipinski definition) is 4. The fourth-order valence-corrected chi connectivity index (χ4v) is 4.49.